The number of thiazole rings is 2. The zero-order valence-corrected chi connectivity index (χ0v) is 16.1. The molecule has 0 bridgehead atoms. The molecule has 4 aromatic rings. The third-order valence-corrected chi connectivity index (χ3v) is 5.80. The van der Waals surface area contributed by atoms with Crippen LogP contribution in [0.4, 0.5) is 5.13 Å². The van der Waals surface area contributed by atoms with E-state index in [0.717, 1.165) is 30.0 Å². The number of ether oxygens (including phenoxy) is 1. The molecule has 4 heterocycles. The van der Waals surface area contributed by atoms with E-state index < -0.39 is 0 Å². The van der Waals surface area contributed by atoms with Gasteiger partial charge in [-0.1, -0.05) is 0 Å². The summed E-state index contributed by atoms with van der Waals surface area (Å²) in [6.07, 6.45) is 4.20. The molecule has 7 nitrogen and oxygen atoms in total. The Hall–Kier alpha value is -3.17. The Balaban J connectivity index is 1.32. The van der Waals surface area contributed by atoms with Gasteiger partial charge in [-0.3, -0.25) is 10.1 Å². The van der Waals surface area contributed by atoms with Crippen molar-refractivity contribution in [3.8, 4) is 27.8 Å². The minimum absolute atomic E-state index is 0.304. The molecule has 28 heavy (non-hydrogen) atoms. The Labute approximate surface area is 168 Å². The highest BCUT2D eigenvalue weighted by Gasteiger charge is 2.17. The van der Waals surface area contributed by atoms with E-state index in [2.05, 4.69) is 31.3 Å². The molecule has 9 heteroatoms. The van der Waals surface area contributed by atoms with Crippen LogP contribution < -0.4 is 10.1 Å². The van der Waals surface area contributed by atoms with Crippen LogP contribution in [0.2, 0.25) is 0 Å². The highest BCUT2D eigenvalue weighted by atomic mass is 32.1. The van der Waals surface area contributed by atoms with Gasteiger partial charge in [0.15, 0.2) is 16.0 Å². The molecule has 0 radical (unpaired) electrons. The molecule has 1 aliphatic heterocycles. The van der Waals surface area contributed by atoms with Gasteiger partial charge in [-0.05, 0) is 29.8 Å². The van der Waals surface area contributed by atoms with Gasteiger partial charge in [0.05, 0.1) is 12.3 Å². The van der Waals surface area contributed by atoms with Gasteiger partial charge in [0.25, 0.3) is 5.91 Å². The summed E-state index contributed by atoms with van der Waals surface area (Å²) in [5.74, 6) is 1.14. The molecule has 0 saturated heterocycles. The van der Waals surface area contributed by atoms with E-state index in [9.17, 15) is 4.79 Å². The summed E-state index contributed by atoms with van der Waals surface area (Å²) < 4.78 is 5.54. The number of hydrogen-bond acceptors (Lipinski definition) is 8. The number of amides is 1. The Morgan fingerprint density at radius 2 is 2.00 bits per heavy atom. The minimum Gasteiger partial charge on any atom is -0.493 e. The van der Waals surface area contributed by atoms with Gasteiger partial charge < -0.3 is 4.74 Å². The number of fused-ring (bicyclic) bond motifs is 1. The summed E-state index contributed by atoms with van der Waals surface area (Å²) in [6, 6.07) is 7.78. The van der Waals surface area contributed by atoms with Crippen LogP contribution in [0.3, 0.4) is 0 Å². The Morgan fingerprint density at radius 1 is 1.11 bits per heavy atom. The second-order valence-corrected chi connectivity index (χ2v) is 7.74. The van der Waals surface area contributed by atoms with E-state index in [1.54, 1.807) is 23.8 Å². The molecular formula is C19H13N5O2S2. The van der Waals surface area contributed by atoms with Crippen LogP contribution in [0.25, 0.3) is 22.1 Å². The number of carbonyl (C=O) groups excluding carboxylic acids is 1. The number of carbonyl (C=O) groups is 1. The SMILES string of the molecule is O=C(Nc1nc(-c2ccc3c(c2)CCO3)cs1)c1csc(-c2ncccn2)n1. The van der Waals surface area contributed by atoms with Crippen molar-refractivity contribution in [3.05, 3.63) is 58.7 Å². The third kappa shape index (κ3) is 3.25. The zero-order chi connectivity index (χ0) is 18.9. The lowest BCUT2D eigenvalue weighted by Crippen LogP contribution is -2.12. The molecule has 1 N–H and O–H groups in total. The summed E-state index contributed by atoms with van der Waals surface area (Å²) in [5.41, 5.74) is 3.35. The van der Waals surface area contributed by atoms with Gasteiger partial charge in [0.1, 0.15) is 11.4 Å². The minimum atomic E-state index is -0.304. The van der Waals surface area contributed by atoms with E-state index in [1.807, 2.05) is 17.5 Å². The predicted molar refractivity (Wildman–Crippen MR) is 108 cm³/mol. The number of rotatable bonds is 4. The fourth-order valence-corrected chi connectivity index (χ4v) is 4.32. The third-order valence-electron chi connectivity index (χ3n) is 4.20. The average Bonchev–Trinajstić information content (AvgIpc) is 3.48. The highest BCUT2D eigenvalue weighted by Crippen LogP contribution is 2.32. The molecule has 0 aliphatic carbocycles. The maximum absolute atomic E-state index is 12.5. The van der Waals surface area contributed by atoms with E-state index >= 15 is 0 Å². The number of benzene rings is 1. The van der Waals surface area contributed by atoms with E-state index in [1.165, 1.54) is 28.2 Å². The molecule has 5 rings (SSSR count). The fraction of sp³-hybridized carbons (Fsp3) is 0.105. The summed E-state index contributed by atoms with van der Waals surface area (Å²) in [5, 5.41) is 7.56. The molecule has 1 aliphatic rings. The average molecular weight is 407 g/mol. The van der Waals surface area contributed by atoms with Crippen LogP contribution in [-0.2, 0) is 6.42 Å². The van der Waals surface area contributed by atoms with E-state index in [-0.39, 0.29) is 5.91 Å². The van der Waals surface area contributed by atoms with Gasteiger partial charge in [-0.2, -0.15) is 0 Å². The molecule has 1 amide bonds. The maximum atomic E-state index is 12.5. The lowest BCUT2D eigenvalue weighted by atomic mass is 10.1. The van der Waals surface area contributed by atoms with Gasteiger partial charge in [-0.15, -0.1) is 22.7 Å². The first-order valence-corrected chi connectivity index (χ1v) is 10.3. The van der Waals surface area contributed by atoms with E-state index in [0.29, 0.717) is 21.7 Å². The Kier molecular flexibility index (Phi) is 4.30. The molecule has 0 fully saturated rings. The number of nitrogens with zero attached hydrogens (tertiary/aromatic N) is 4. The largest absolute Gasteiger partial charge is 0.493 e. The van der Waals surface area contributed by atoms with Gasteiger partial charge in [0.2, 0.25) is 0 Å². The van der Waals surface area contributed by atoms with Crippen LogP contribution in [0.1, 0.15) is 16.1 Å². The van der Waals surface area contributed by atoms with Crippen LogP contribution in [-0.4, -0.2) is 32.4 Å². The molecule has 0 atom stereocenters. The highest BCUT2D eigenvalue weighted by molar-refractivity contribution is 7.14. The lowest BCUT2D eigenvalue weighted by Gasteiger charge is -2.01. The lowest BCUT2D eigenvalue weighted by molar-refractivity contribution is 0.102. The first-order chi connectivity index (χ1) is 13.8. The molecule has 0 unspecified atom stereocenters. The van der Waals surface area contributed by atoms with Crippen molar-refractivity contribution in [3.63, 3.8) is 0 Å². The summed E-state index contributed by atoms with van der Waals surface area (Å²) in [6.45, 7) is 0.723. The fourth-order valence-electron chi connectivity index (χ4n) is 2.86. The zero-order valence-electron chi connectivity index (χ0n) is 14.5. The number of hydrogen-bond donors (Lipinski definition) is 1. The first kappa shape index (κ1) is 17.0. The second-order valence-electron chi connectivity index (χ2n) is 6.02. The van der Waals surface area contributed by atoms with Gasteiger partial charge in [-0.25, -0.2) is 19.9 Å². The topological polar surface area (TPSA) is 89.9 Å². The monoisotopic (exact) mass is 407 g/mol. The summed E-state index contributed by atoms with van der Waals surface area (Å²) >= 11 is 2.71. The molecule has 0 saturated carbocycles. The Bertz CT molecular complexity index is 1160. The van der Waals surface area contributed by atoms with Crippen molar-refractivity contribution in [2.75, 3.05) is 11.9 Å². The molecule has 1 aromatic carbocycles. The first-order valence-electron chi connectivity index (χ1n) is 8.52. The van der Waals surface area contributed by atoms with Crippen LogP contribution in [0.5, 0.6) is 5.75 Å². The van der Waals surface area contributed by atoms with Crippen LogP contribution in [0.15, 0.2) is 47.4 Å². The van der Waals surface area contributed by atoms with Crippen molar-refractivity contribution >= 4 is 33.7 Å². The number of anilines is 1. The molecule has 0 spiro atoms. The molecule has 3 aromatic heterocycles. The van der Waals surface area contributed by atoms with Crippen LogP contribution in [0, 0.1) is 0 Å². The summed E-state index contributed by atoms with van der Waals surface area (Å²) in [4.78, 5) is 29.7. The second kappa shape index (κ2) is 7.10. The standard InChI is InChI=1S/C19H13N5O2S2/c25-17(14-10-27-18(22-14)16-20-5-1-6-21-16)24-19-23-13(9-28-19)11-2-3-15-12(8-11)4-7-26-15/h1-3,5-6,8-10H,4,7H2,(H,23,24,25). The molecular weight excluding hydrogens is 394 g/mol. The number of aromatic nitrogens is 4. The quantitative estimate of drug-likeness (QED) is 0.552. The maximum Gasteiger partial charge on any atom is 0.276 e. The van der Waals surface area contributed by atoms with Gasteiger partial charge >= 0.3 is 0 Å². The van der Waals surface area contributed by atoms with Crippen LogP contribution >= 0.6 is 22.7 Å². The molecule has 138 valence electrons. The number of nitrogens with one attached hydrogen (secondary N) is 1. The van der Waals surface area contributed by atoms with Crippen molar-refractivity contribution in [1.82, 2.24) is 19.9 Å². The van der Waals surface area contributed by atoms with Crippen molar-refractivity contribution < 1.29 is 9.53 Å². The van der Waals surface area contributed by atoms with Gasteiger partial charge in [0, 0.05) is 35.1 Å². The van der Waals surface area contributed by atoms with Crippen molar-refractivity contribution in [1.29, 1.82) is 0 Å². The summed E-state index contributed by atoms with van der Waals surface area (Å²) in [7, 11) is 0. The smallest absolute Gasteiger partial charge is 0.276 e. The Morgan fingerprint density at radius 3 is 2.89 bits per heavy atom. The predicted octanol–water partition coefficient (Wildman–Crippen LogP) is 3.91. The normalized spacial score (nSPS) is 12.4. The van der Waals surface area contributed by atoms with Crippen molar-refractivity contribution in [2.45, 2.75) is 6.42 Å². The van der Waals surface area contributed by atoms with Crippen molar-refractivity contribution in [2.24, 2.45) is 0 Å². The van der Waals surface area contributed by atoms with E-state index in [4.69, 9.17) is 4.74 Å².